The Morgan fingerprint density at radius 3 is 2.89 bits per heavy atom. The molecule has 3 heterocycles. The van der Waals surface area contributed by atoms with Gasteiger partial charge in [0.05, 0.1) is 30.7 Å². The third-order valence-electron chi connectivity index (χ3n) is 5.59. The maximum atomic E-state index is 12.7. The maximum absolute atomic E-state index is 12.7. The molecule has 0 saturated carbocycles. The number of fused-ring (bicyclic) bond motifs is 2. The lowest BCUT2D eigenvalue weighted by atomic mass is 9.80. The van der Waals surface area contributed by atoms with Gasteiger partial charge in [-0.1, -0.05) is 18.2 Å². The molecular formula is C21H26N4O2. The lowest BCUT2D eigenvalue weighted by Crippen LogP contribution is -2.39. The number of ether oxygens (including phenoxy) is 1. The summed E-state index contributed by atoms with van der Waals surface area (Å²) >= 11 is 0. The zero-order chi connectivity index (χ0) is 19.0. The molecule has 4 rings (SSSR count). The summed E-state index contributed by atoms with van der Waals surface area (Å²) in [6, 6.07) is 8.93. The first-order chi connectivity index (χ1) is 13.0. The molecule has 2 atom stereocenters. The number of aryl methyl sites for hydroxylation is 1. The molecule has 27 heavy (non-hydrogen) atoms. The lowest BCUT2D eigenvalue weighted by molar-refractivity contribution is -0.130. The van der Waals surface area contributed by atoms with Crippen molar-refractivity contribution in [1.29, 1.82) is 0 Å². The average molecular weight is 366 g/mol. The fourth-order valence-corrected chi connectivity index (χ4v) is 4.13. The monoisotopic (exact) mass is 366 g/mol. The second-order valence-electron chi connectivity index (χ2n) is 7.89. The van der Waals surface area contributed by atoms with E-state index in [9.17, 15) is 4.79 Å². The minimum atomic E-state index is -0.427. The van der Waals surface area contributed by atoms with Gasteiger partial charge in [0.2, 0.25) is 5.91 Å². The van der Waals surface area contributed by atoms with E-state index in [0.29, 0.717) is 25.6 Å². The summed E-state index contributed by atoms with van der Waals surface area (Å²) in [6.45, 7) is 8.15. The summed E-state index contributed by atoms with van der Waals surface area (Å²) in [7, 11) is 0. The summed E-state index contributed by atoms with van der Waals surface area (Å²) in [6.07, 6.45) is 3.68. The highest BCUT2D eigenvalue weighted by atomic mass is 16.5. The van der Waals surface area contributed by atoms with Crippen LogP contribution in [-0.2, 0) is 21.5 Å². The van der Waals surface area contributed by atoms with Crippen LogP contribution in [0.1, 0.15) is 37.2 Å². The van der Waals surface area contributed by atoms with E-state index in [1.165, 1.54) is 11.3 Å². The van der Waals surface area contributed by atoms with Crippen LogP contribution < -0.4 is 10.2 Å². The second-order valence-corrected chi connectivity index (χ2v) is 7.89. The topological polar surface area (TPSA) is 67.3 Å². The predicted molar refractivity (Wildman–Crippen MR) is 104 cm³/mol. The van der Waals surface area contributed by atoms with Crippen molar-refractivity contribution in [2.45, 2.75) is 51.3 Å². The minimum absolute atomic E-state index is 0.0743. The molecule has 1 N–H and O–H groups in total. The molecule has 2 aliphatic heterocycles. The van der Waals surface area contributed by atoms with Crippen molar-refractivity contribution in [2.75, 3.05) is 18.1 Å². The number of benzene rings is 1. The fraction of sp³-hybridized carbons (Fsp3) is 0.476. The van der Waals surface area contributed by atoms with Gasteiger partial charge in [-0.05, 0) is 38.8 Å². The first-order valence-corrected chi connectivity index (χ1v) is 9.51. The van der Waals surface area contributed by atoms with E-state index in [-0.39, 0.29) is 11.3 Å². The van der Waals surface area contributed by atoms with E-state index in [1.54, 1.807) is 12.4 Å². The summed E-state index contributed by atoms with van der Waals surface area (Å²) in [5, 5.41) is 2.94. The number of aromatic nitrogens is 2. The number of amides is 1. The highest BCUT2D eigenvalue weighted by Crippen LogP contribution is 2.47. The smallest absolute Gasteiger partial charge is 0.249 e. The van der Waals surface area contributed by atoms with E-state index in [2.05, 4.69) is 58.3 Å². The van der Waals surface area contributed by atoms with Crippen LogP contribution in [0.5, 0.6) is 0 Å². The quantitative estimate of drug-likeness (QED) is 0.900. The van der Waals surface area contributed by atoms with Gasteiger partial charge < -0.3 is 15.0 Å². The molecule has 142 valence electrons. The average Bonchev–Trinajstić information content (AvgIpc) is 3.24. The number of para-hydroxylation sites is 1. The molecule has 1 fully saturated rings. The van der Waals surface area contributed by atoms with Crippen molar-refractivity contribution < 1.29 is 9.53 Å². The van der Waals surface area contributed by atoms with Gasteiger partial charge in [0, 0.05) is 29.9 Å². The number of rotatable bonds is 4. The van der Waals surface area contributed by atoms with Crippen molar-refractivity contribution in [2.24, 2.45) is 0 Å². The molecule has 1 saturated heterocycles. The number of hydrogen-bond acceptors (Lipinski definition) is 5. The van der Waals surface area contributed by atoms with Gasteiger partial charge in [-0.3, -0.25) is 14.8 Å². The highest BCUT2D eigenvalue weighted by Gasteiger charge is 2.50. The Kier molecular flexibility index (Phi) is 4.60. The van der Waals surface area contributed by atoms with Crippen LogP contribution in [0, 0.1) is 6.92 Å². The zero-order valence-corrected chi connectivity index (χ0v) is 16.1. The zero-order valence-electron chi connectivity index (χ0n) is 16.1. The second kappa shape index (κ2) is 6.93. The summed E-state index contributed by atoms with van der Waals surface area (Å²) in [5.41, 5.74) is 4.08. The molecule has 0 aliphatic carbocycles. The highest BCUT2D eigenvalue weighted by molar-refractivity contribution is 5.81. The standard InChI is InChI=1S/C21H26N4O2/c1-14(2)25-12-21(17-6-4-5-7-18(17)25)8-19(27-13-21)20(26)24-11-16-10-22-15(3)9-23-16/h4-7,9-10,14,19H,8,11-13H2,1-3H3,(H,24,26). The van der Waals surface area contributed by atoms with E-state index in [1.807, 2.05) is 6.92 Å². The molecule has 1 amide bonds. The summed E-state index contributed by atoms with van der Waals surface area (Å²) in [4.78, 5) is 23.6. The van der Waals surface area contributed by atoms with Gasteiger partial charge in [-0.2, -0.15) is 0 Å². The molecule has 6 heteroatoms. The van der Waals surface area contributed by atoms with Crippen molar-refractivity contribution in [3.63, 3.8) is 0 Å². The molecule has 0 radical (unpaired) electrons. The van der Waals surface area contributed by atoms with Crippen LogP contribution >= 0.6 is 0 Å². The number of nitrogens with one attached hydrogen (secondary N) is 1. The molecule has 0 bridgehead atoms. The van der Waals surface area contributed by atoms with Crippen LogP contribution in [0.2, 0.25) is 0 Å². The molecule has 1 spiro atoms. The van der Waals surface area contributed by atoms with Gasteiger partial charge in [-0.25, -0.2) is 0 Å². The summed E-state index contributed by atoms with van der Waals surface area (Å²) < 4.78 is 5.97. The lowest BCUT2D eigenvalue weighted by Gasteiger charge is -2.27. The van der Waals surface area contributed by atoms with Crippen LogP contribution in [0.3, 0.4) is 0 Å². The van der Waals surface area contributed by atoms with Gasteiger partial charge >= 0.3 is 0 Å². The molecule has 2 aromatic rings. The third-order valence-corrected chi connectivity index (χ3v) is 5.59. The van der Waals surface area contributed by atoms with Crippen molar-refractivity contribution in [3.8, 4) is 0 Å². The van der Waals surface area contributed by atoms with Crippen molar-refractivity contribution in [1.82, 2.24) is 15.3 Å². The first kappa shape index (κ1) is 17.9. The van der Waals surface area contributed by atoms with E-state index in [0.717, 1.165) is 17.9 Å². The molecule has 1 aromatic carbocycles. The fourth-order valence-electron chi connectivity index (χ4n) is 4.13. The van der Waals surface area contributed by atoms with Gasteiger partial charge in [0.25, 0.3) is 0 Å². The Hall–Kier alpha value is -2.47. The largest absolute Gasteiger partial charge is 0.368 e. The Morgan fingerprint density at radius 1 is 1.33 bits per heavy atom. The van der Waals surface area contributed by atoms with Gasteiger partial charge in [-0.15, -0.1) is 0 Å². The Balaban J connectivity index is 1.45. The summed E-state index contributed by atoms with van der Waals surface area (Å²) in [5.74, 6) is -0.0743. The van der Waals surface area contributed by atoms with Crippen LogP contribution in [0.15, 0.2) is 36.7 Å². The Labute approximate surface area is 160 Å². The Bertz CT molecular complexity index is 836. The number of carbonyl (C=O) groups excluding carboxylic acids is 1. The van der Waals surface area contributed by atoms with E-state index in [4.69, 9.17) is 4.74 Å². The third kappa shape index (κ3) is 3.30. The van der Waals surface area contributed by atoms with Crippen molar-refractivity contribution >= 4 is 11.6 Å². The first-order valence-electron chi connectivity index (χ1n) is 9.51. The van der Waals surface area contributed by atoms with E-state index < -0.39 is 6.10 Å². The van der Waals surface area contributed by atoms with Gasteiger partial charge in [0.15, 0.2) is 0 Å². The molecule has 6 nitrogen and oxygen atoms in total. The number of nitrogens with zero attached hydrogens (tertiary/aromatic N) is 3. The number of anilines is 1. The minimum Gasteiger partial charge on any atom is -0.368 e. The van der Waals surface area contributed by atoms with Crippen LogP contribution in [0.4, 0.5) is 5.69 Å². The molecule has 1 aromatic heterocycles. The Morgan fingerprint density at radius 2 is 2.15 bits per heavy atom. The SMILES string of the molecule is Cc1cnc(CNC(=O)C2CC3(CO2)CN(C(C)C)c2ccccc23)cn1. The van der Waals surface area contributed by atoms with Crippen LogP contribution in [0.25, 0.3) is 0 Å². The van der Waals surface area contributed by atoms with Gasteiger partial charge in [0.1, 0.15) is 6.10 Å². The van der Waals surface area contributed by atoms with Crippen LogP contribution in [-0.4, -0.2) is 41.2 Å². The predicted octanol–water partition coefficient (Wildman–Crippen LogP) is 2.36. The normalized spacial score (nSPS) is 23.9. The molecule has 2 aliphatic rings. The van der Waals surface area contributed by atoms with E-state index >= 15 is 0 Å². The molecular weight excluding hydrogens is 340 g/mol. The maximum Gasteiger partial charge on any atom is 0.249 e. The van der Waals surface area contributed by atoms with Crippen molar-refractivity contribution in [3.05, 3.63) is 53.6 Å². The number of carbonyl (C=O) groups is 1. The number of hydrogen-bond donors (Lipinski definition) is 1. The molecule has 2 unspecified atom stereocenters.